The van der Waals surface area contributed by atoms with Crippen molar-refractivity contribution < 1.29 is 9.18 Å². The Balaban J connectivity index is 1.47. The van der Waals surface area contributed by atoms with E-state index < -0.39 is 5.95 Å². The standard InChI is InChI=1S/C13H15BrFN3O/c14-12-7(1-2-11(15)18-12)6-16-13(19)17-10-4-8-3-9(8)5-10/h1-2,8-10H,3-6H2,(H2,16,17,19). The lowest BCUT2D eigenvalue weighted by Crippen LogP contribution is -2.41. The first-order chi connectivity index (χ1) is 9.11. The van der Waals surface area contributed by atoms with Crippen molar-refractivity contribution in [1.29, 1.82) is 0 Å². The van der Waals surface area contributed by atoms with E-state index >= 15 is 0 Å². The monoisotopic (exact) mass is 327 g/mol. The Morgan fingerprint density at radius 3 is 2.79 bits per heavy atom. The minimum Gasteiger partial charge on any atom is -0.335 e. The molecule has 1 aromatic heterocycles. The highest BCUT2D eigenvalue weighted by Crippen LogP contribution is 2.51. The third-order valence-corrected chi connectivity index (χ3v) is 4.60. The van der Waals surface area contributed by atoms with E-state index in [0.717, 1.165) is 30.2 Å². The second kappa shape index (κ2) is 5.07. The maximum absolute atomic E-state index is 12.8. The Hall–Kier alpha value is -1.17. The van der Waals surface area contributed by atoms with E-state index in [9.17, 15) is 9.18 Å². The SMILES string of the molecule is O=C(NCc1ccc(F)nc1Br)NC1CC2CC2C1. The molecular weight excluding hydrogens is 313 g/mol. The third-order valence-electron chi connectivity index (χ3n) is 3.91. The molecule has 19 heavy (non-hydrogen) atoms. The van der Waals surface area contributed by atoms with Gasteiger partial charge in [-0.1, -0.05) is 6.07 Å². The number of pyridine rings is 1. The fourth-order valence-electron chi connectivity index (χ4n) is 2.82. The van der Waals surface area contributed by atoms with Crippen LogP contribution in [0.4, 0.5) is 9.18 Å². The molecule has 0 radical (unpaired) electrons. The van der Waals surface area contributed by atoms with Crippen LogP contribution in [0.2, 0.25) is 0 Å². The van der Waals surface area contributed by atoms with Crippen molar-refractivity contribution in [3.63, 3.8) is 0 Å². The van der Waals surface area contributed by atoms with Crippen molar-refractivity contribution in [3.05, 3.63) is 28.2 Å². The van der Waals surface area contributed by atoms with Crippen molar-refractivity contribution in [1.82, 2.24) is 15.6 Å². The minimum atomic E-state index is -0.537. The Labute approximate surface area is 119 Å². The van der Waals surface area contributed by atoms with Gasteiger partial charge in [0.15, 0.2) is 0 Å². The molecule has 1 heterocycles. The number of aromatic nitrogens is 1. The van der Waals surface area contributed by atoms with Crippen molar-refractivity contribution in [2.24, 2.45) is 11.8 Å². The van der Waals surface area contributed by atoms with E-state index in [1.54, 1.807) is 6.07 Å². The summed E-state index contributed by atoms with van der Waals surface area (Å²) in [5, 5.41) is 5.75. The van der Waals surface area contributed by atoms with E-state index in [0.29, 0.717) is 17.2 Å². The summed E-state index contributed by atoms with van der Waals surface area (Å²) in [7, 11) is 0. The Kier molecular flexibility index (Phi) is 3.43. The molecule has 6 heteroatoms. The molecule has 0 spiro atoms. The molecule has 0 saturated heterocycles. The van der Waals surface area contributed by atoms with Crippen molar-refractivity contribution in [3.8, 4) is 0 Å². The summed E-state index contributed by atoms with van der Waals surface area (Å²) in [6.45, 7) is 0.333. The largest absolute Gasteiger partial charge is 0.335 e. The summed E-state index contributed by atoms with van der Waals surface area (Å²) in [5.74, 6) is 1.16. The number of carbonyl (C=O) groups is 1. The lowest BCUT2D eigenvalue weighted by Gasteiger charge is -2.15. The van der Waals surface area contributed by atoms with Crippen LogP contribution in [-0.2, 0) is 6.54 Å². The summed E-state index contributed by atoms with van der Waals surface area (Å²) in [6, 6.07) is 3.04. The lowest BCUT2D eigenvalue weighted by atomic mass is 10.2. The number of amides is 2. The summed E-state index contributed by atoms with van der Waals surface area (Å²) in [5.41, 5.74) is 0.755. The van der Waals surface area contributed by atoms with Gasteiger partial charge in [-0.15, -0.1) is 0 Å². The molecule has 0 aliphatic heterocycles. The number of rotatable bonds is 3. The highest BCUT2D eigenvalue weighted by atomic mass is 79.9. The Bertz CT molecular complexity index is 501. The topological polar surface area (TPSA) is 54.0 Å². The van der Waals surface area contributed by atoms with Gasteiger partial charge in [0.05, 0.1) is 0 Å². The maximum Gasteiger partial charge on any atom is 0.315 e. The van der Waals surface area contributed by atoms with Crippen LogP contribution in [0.3, 0.4) is 0 Å². The average molecular weight is 328 g/mol. The molecule has 2 saturated carbocycles. The van der Waals surface area contributed by atoms with Crippen LogP contribution < -0.4 is 10.6 Å². The number of nitrogens with zero attached hydrogens (tertiary/aromatic N) is 1. The first kappa shape index (κ1) is 12.8. The predicted octanol–water partition coefficient (Wildman–Crippen LogP) is 2.58. The molecule has 4 nitrogen and oxygen atoms in total. The van der Waals surface area contributed by atoms with Gasteiger partial charge in [0, 0.05) is 18.2 Å². The van der Waals surface area contributed by atoms with E-state index in [-0.39, 0.29) is 6.03 Å². The Morgan fingerprint density at radius 1 is 1.37 bits per heavy atom. The molecule has 2 atom stereocenters. The summed E-state index contributed by atoms with van der Waals surface area (Å²) >= 11 is 3.18. The van der Waals surface area contributed by atoms with Gasteiger partial charge in [0.1, 0.15) is 4.60 Å². The number of urea groups is 1. The molecule has 2 N–H and O–H groups in total. The summed E-state index contributed by atoms with van der Waals surface area (Å²) in [4.78, 5) is 15.4. The molecule has 2 aliphatic rings. The first-order valence-corrected chi connectivity index (χ1v) is 7.26. The molecule has 2 aliphatic carbocycles. The van der Waals surface area contributed by atoms with Gasteiger partial charge in [-0.3, -0.25) is 0 Å². The lowest BCUT2D eigenvalue weighted by molar-refractivity contribution is 0.236. The highest BCUT2D eigenvalue weighted by molar-refractivity contribution is 9.10. The predicted molar refractivity (Wildman–Crippen MR) is 71.9 cm³/mol. The molecule has 1 aromatic rings. The van der Waals surface area contributed by atoms with Gasteiger partial charge < -0.3 is 10.6 Å². The fourth-order valence-corrected chi connectivity index (χ4v) is 3.26. The molecule has 102 valence electrons. The van der Waals surface area contributed by atoms with Crippen LogP contribution in [0.1, 0.15) is 24.8 Å². The zero-order valence-electron chi connectivity index (χ0n) is 10.3. The minimum absolute atomic E-state index is 0.164. The zero-order valence-corrected chi connectivity index (χ0v) is 11.9. The van der Waals surface area contributed by atoms with Gasteiger partial charge in [0.2, 0.25) is 5.95 Å². The van der Waals surface area contributed by atoms with Crippen molar-refractivity contribution in [2.45, 2.75) is 31.8 Å². The van der Waals surface area contributed by atoms with Gasteiger partial charge in [-0.2, -0.15) is 4.39 Å². The van der Waals surface area contributed by atoms with Crippen LogP contribution in [0.25, 0.3) is 0 Å². The smallest absolute Gasteiger partial charge is 0.315 e. The number of halogens is 2. The maximum atomic E-state index is 12.8. The normalized spacial score (nSPS) is 27.8. The van der Waals surface area contributed by atoms with E-state index in [1.165, 1.54) is 12.5 Å². The highest BCUT2D eigenvalue weighted by Gasteiger charge is 2.46. The second-order valence-corrected chi connectivity index (χ2v) is 6.09. The molecule has 0 aromatic carbocycles. The van der Waals surface area contributed by atoms with Gasteiger partial charge >= 0.3 is 6.03 Å². The van der Waals surface area contributed by atoms with Crippen LogP contribution in [0, 0.1) is 17.8 Å². The number of fused-ring (bicyclic) bond motifs is 1. The molecular formula is C13H15BrFN3O. The quantitative estimate of drug-likeness (QED) is 0.838. The van der Waals surface area contributed by atoms with Gasteiger partial charge in [-0.05, 0) is 53.1 Å². The summed E-state index contributed by atoms with van der Waals surface area (Å²) in [6.07, 6.45) is 3.56. The van der Waals surface area contributed by atoms with Gasteiger partial charge in [-0.25, -0.2) is 9.78 Å². The number of hydrogen-bond acceptors (Lipinski definition) is 2. The second-order valence-electron chi connectivity index (χ2n) is 5.34. The van der Waals surface area contributed by atoms with Crippen LogP contribution in [0.15, 0.2) is 16.7 Å². The number of nitrogens with one attached hydrogen (secondary N) is 2. The molecule has 2 amide bonds. The molecule has 0 bridgehead atoms. The molecule has 3 rings (SSSR count). The number of carbonyl (C=O) groups excluding carboxylic acids is 1. The van der Waals surface area contributed by atoms with Crippen molar-refractivity contribution >= 4 is 22.0 Å². The van der Waals surface area contributed by atoms with E-state index in [1.807, 2.05) is 0 Å². The first-order valence-electron chi connectivity index (χ1n) is 6.47. The molecule has 2 fully saturated rings. The van der Waals surface area contributed by atoms with E-state index in [4.69, 9.17) is 0 Å². The average Bonchev–Trinajstić information content (AvgIpc) is 2.96. The summed E-state index contributed by atoms with van der Waals surface area (Å²) < 4.78 is 13.2. The third kappa shape index (κ3) is 3.05. The van der Waals surface area contributed by atoms with Crippen LogP contribution in [-0.4, -0.2) is 17.1 Å². The van der Waals surface area contributed by atoms with Crippen LogP contribution >= 0.6 is 15.9 Å². The van der Waals surface area contributed by atoms with Crippen LogP contribution in [0.5, 0.6) is 0 Å². The Morgan fingerprint density at radius 2 is 2.11 bits per heavy atom. The zero-order chi connectivity index (χ0) is 13.4. The number of hydrogen-bond donors (Lipinski definition) is 2. The van der Waals surface area contributed by atoms with E-state index in [2.05, 4.69) is 31.5 Å². The fraction of sp³-hybridized carbons (Fsp3) is 0.538. The van der Waals surface area contributed by atoms with Crippen molar-refractivity contribution in [2.75, 3.05) is 0 Å². The van der Waals surface area contributed by atoms with Gasteiger partial charge in [0.25, 0.3) is 0 Å². The molecule has 2 unspecified atom stereocenters.